The number of benzene rings is 1. The van der Waals surface area contributed by atoms with Gasteiger partial charge >= 0.3 is 0 Å². The number of rotatable bonds is 3. The van der Waals surface area contributed by atoms with Crippen LogP contribution in [0.3, 0.4) is 0 Å². The van der Waals surface area contributed by atoms with E-state index in [1.807, 2.05) is 24.6 Å². The summed E-state index contributed by atoms with van der Waals surface area (Å²) in [5, 5.41) is 3.30. The molecule has 5 heteroatoms. The summed E-state index contributed by atoms with van der Waals surface area (Å²) >= 11 is 3.23. The summed E-state index contributed by atoms with van der Waals surface area (Å²) in [4.78, 5) is 4.46. The molecule has 0 unspecified atom stereocenters. The molecule has 0 atom stereocenters. The molecule has 0 aliphatic heterocycles. The van der Waals surface area contributed by atoms with Crippen molar-refractivity contribution in [1.82, 2.24) is 9.55 Å². The highest BCUT2D eigenvalue weighted by Crippen LogP contribution is 2.26. The minimum Gasteiger partial charge on any atom is -0.353 e. The van der Waals surface area contributed by atoms with E-state index in [9.17, 15) is 4.39 Å². The fourth-order valence-corrected chi connectivity index (χ4v) is 2.27. The Morgan fingerprint density at radius 1 is 1.32 bits per heavy atom. The van der Waals surface area contributed by atoms with Gasteiger partial charge in [-0.1, -0.05) is 0 Å². The number of nitrogens with one attached hydrogen (secondary N) is 1. The molecule has 0 bridgehead atoms. The third-order valence-corrected chi connectivity index (χ3v) is 3.35. The minimum absolute atomic E-state index is 0.253. The van der Waals surface area contributed by atoms with Crippen LogP contribution >= 0.6 is 15.9 Å². The number of hydrogen-bond acceptors (Lipinski definition) is 2. The molecule has 0 radical (unpaired) electrons. The zero-order chi connectivity index (χ0) is 14.2. The molecule has 102 valence electrons. The van der Waals surface area contributed by atoms with Crippen molar-refractivity contribution in [2.24, 2.45) is 0 Å². The zero-order valence-corrected chi connectivity index (χ0v) is 13.0. The molecule has 1 aromatic carbocycles. The van der Waals surface area contributed by atoms with Gasteiger partial charge in [0.15, 0.2) is 0 Å². The van der Waals surface area contributed by atoms with Crippen LogP contribution in [0.25, 0.3) is 5.69 Å². The predicted octanol–water partition coefficient (Wildman–Crippen LogP) is 4.21. The number of anilines is 1. The van der Waals surface area contributed by atoms with E-state index in [1.54, 1.807) is 6.07 Å². The summed E-state index contributed by atoms with van der Waals surface area (Å²) < 4.78 is 15.9. The molecule has 0 amide bonds. The van der Waals surface area contributed by atoms with Gasteiger partial charge in [0.2, 0.25) is 5.95 Å². The molecule has 0 saturated carbocycles. The summed E-state index contributed by atoms with van der Waals surface area (Å²) in [6.07, 6.45) is 1.94. The number of nitrogens with zero attached hydrogens (tertiary/aromatic N) is 2. The highest BCUT2D eigenvalue weighted by molar-refractivity contribution is 9.10. The van der Waals surface area contributed by atoms with Gasteiger partial charge in [0.25, 0.3) is 0 Å². The standard InChI is InChI=1S/C14H17BrFN3/c1-8(2)17-14-18-10(4)7-19(14)13-6-11(15)12(16)5-9(13)3/h5-8H,1-4H3,(H,17,18). The minimum atomic E-state index is -0.253. The average Bonchev–Trinajstić information content (AvgIpc) is 2.63. The maximum Gasteiger partial charge on any atom is 0.207 e. The molecule has 1 aromatic heterocycles. The Bertz CT molecular complexity index is 605. The molecule has 0 saturated heterocycles. The highest BCUT2D eigenvalue weighted by atomic mass is 79.9. The van der Waals surface area contributed by atoms with Crippen LogP contribution in [-0.2, 0) is 0 Å². The molecule has 3 nitrogen and oxygen atoms in total. The van der Waals surface area contributed by atoms with Crippen LogP contribution < -0.4 is 5.32 Å². The van der Waals surface area contributed by atoms with Gasteiger partial charge in [-0.15, -0.1) is 0 Å². The van der Waals surface area contributed by atoms with Crippen LogP contribution in [0.1, 0.15) is 25.1 Å². The van der Waals surface area contributed by atoms with Crippen molar-refractivity contribution in [3.63, 3.8) is 0 Å². The van der Waals surface area contributed by atoms with Gasteiger partial charge in [0.05, 0.1) is 15.9 Å². The lowest BCUT2D eigenvalue weighted by atomic mass is 10.2. The molecule has 2 rings (SSSR count). The van der Waals surface area contributed by atoms with Gasteiger partial charge in [-0.05, 0) is 61.3 Å². The molecule has 1 heterocycles. The molecule has 2 aromatic rings. The van der Waals surface area contributed by atoms with Gasteiger partial charge in [-0.25, -0.2) is 9.37 Å². The van der Waals surface area contributed by atoms with E-state index in [4.69, 9.17) is 0 Å². The second-order valence-corrected chi connectivity index (χ2v) is 5.78. The molecule has 19 heavy (non-hydrogen) atoms. The number of imidazole rings is 1. The molecule has 0 spiro atoms. The maximum absolute atomic E-state index is 13.5. The molecular weight excluding hydrogens is 309 g/mol. The lowest BCUT2D eigenvalue weighted by Crippen LogP contribution is -2.14. The Hall–Kier alpha value is -1.36. The first kappa shape index (κ1) is 14.1. The second-order valence-electron chi connectivity index (χ2n) is 4.93. The maximum atomic E-state index is 13.5. The second kappa shape index (κ2) is 5.33. The number of hydrogen-bond donors (Lipinski definition) is 1. The summed E-state index contributed by atoms with van der Waals surface area (Å²) in [5.74, 6) is 0.519. The topological polar surface area (TPSA) is 29.9 Å². The Kier molecular flexibility index (Phi) is 3.94. The first-order valence-electron chi connectivity index (χ1n) is 6.17. The van der Waals surface area contributed by atoms with Gasteiger partial charge < -0.3 is 5.32 Å². The summed E-state index contributed by atoms with van der Waals surface area (Å²) in [5.41, 5.74) is 2.70. The molecule has 0 aliphatic carbocycles. The van der Waals surface area contributed by atoms with E-state index in [0.717, 1.165) is 22.9 Å². The fourth-order valence-electron chi connectivity index (χ4n) is 1.94. The molecule has 0 fully saturated rings. The Morgan fingerprint density at radius 3 is 2.63 bits per heavy atom. The van der Waals surface area contributed by atoms with Crippen molar-refractivity contribution in [2.75, 3.05) is 5.32 Å². The van der Waals surface area contributed by atoms with Crippen molar-refractivity contribution in [3.8, 4) is 5.69 Å². The Balaban J connectivity index is 2.55. The lowest BCUT2D eigenvalue weighted by Gasteiger charge is -2.14. The van der Waals surface area contributed by atoms with E-state index >= 15 is 0 Å². The van der Waals surface area contributed by atoms with E-state index in [2.05, 4.69) is 40.1 Å². The SMILES string of the molecule is Cc1cn(-c2cc(Br)c(F)cc2C)c(NC(C)C)n1. The molecule has 0 aliphatic rings. The molecular formula is C14H17BrFN3. The van der Waals surface area contributed by atoms with Crippen LogP contribution in [0.5, 0.6) is 0 Å². The van der Waals surface area contributed by atoms with E-state index < -0.39 is 0 Å². The van der Waals surface area contributed by atoms with Gasteiger partial charge in [-0.2, -0.15) is 0 Å². The Labute approximate surface area is 121 Å². The van der Waals surface area contributed by atoms with Crippen molar-refractivity contribution in [3.05, 3.63) is 39.9 Å². The van der Waals surface area contributed by atoms with Crippen LogP contribution in [-0.4, -0.2) is 15.6 Å². The summed E-state index contributed by atoms with van der Waals surface area (Å²) in [6.45, 7) is 7.94. The van der Waals surface area contributed by atoms with Crippen LogP contribution in [0.15, 0.2) is 22.8 Å². The summed E-state index contributed by atoms with van der Waals surface area (Å²) in [6, 6.07) is 3.58. The van der Waals surface area contributed by atoms with Crippen molar-refractivity contribution in [2.45, 2.75) is 33.7 Å². The van der Waals surface area contributed by atoms with Gasteiger partial charge in [0, 0.05) is 12.2 Å². The first-order valence-corrected chi connectivity index (χ1v) is 6.96. The highest BCUT2D eigenvalue weighted by Gasteiger charge is 2.12. The van der Waals surface area contributed by atoms with Gasteiger partial charge in [0.1, 0.15) is 5.82 Å². The number of halogens is 2. The summed E-state index contributed by atoms with van der Waals surface area (Å²) in [7, 11) is 0. The fraction of sp³-hybridized carbons (Fsp3) is 0.357. The van der Waals surface area contributed by atoms with Crippen LogP contribution in [0.2, 0.25) is 0 Å². The number of aromatic nitrogens is 2. The van der Waals surface area contributed by atoms with E-state index in [-0.39, 0.29) is 11.9 Å². The van der Waals surface area contributed by atoms with E-state index in [0.29, 0.717) is 4.47 Å². The largest absolute Gasteiger partial charge is 0.353 e. The zero-order valence-electron chi connectivity index (χ0n) is 11.5. The average molecular weight is 326 g/mol. The third kappa shape index (κ3) is 2.97. The quantitative estimate of drug-likeness (QED) is 0.916. The molecule has 1 N–H and O–H groups in total. The van der Waals surface area contributed by atoms with Crippen molar-refractivity contribution >= 4 is 21.9 Å². The third-order valence-electron chi connectivity index (χ3n) is 2.74. The van der Waals surface area contributed by atoms with Crippen molar-refractivity contribution < 1.29 is 4.39 Å². The predicted molar refractivity (Wildman–Crippen MR) is 79.5 cm³/mol. The van der Waals surface area contributed by atoms with Crippen LogP contribution in [0.4, 0.5) is 10.3 Å². The number of aryl methyl sites for hydroxylation is 2. The van der Waals surface area contributed by atoms with Crippen molar-refractivity contribution in [1.29, 1.82) is 0 Å². The van der Waals surface area contributed by atoms with Crippen LogP contribution in [0, 0.1) is 19.7 Å². The van der Waals surface area contributed by atoms with Gasteiger partial charge in [-0.3, -0.25) is 4.57 Å². The monoisotopic (exact) mass is 325 g/mol. The normalized spacial score (nSPS) is 11.1. The van der Waals surface area contributed by atoms with E-state index in [1.165, 1.54) is 6.07 Å². The first-order chi connectivity index (χ1) is 8.88. The Morgan fingerprint density at radius 2 is 2.00 bits per heavy atom. The lowest BCUT2D eigenvalue weighted by molar-refractivity contribution is 0.619. The smallest absolute Gasteiger partial charge is 0.207 e.